The Bertz CT molecular complexity index is 1100. The summed E-state index contributed by atoms with van der Waals surface area (Å²) in [7, 11) is -2.28. The first-order valence-electron chi connectivity index (χ1n) is 11.0. The molecule has 0 aromatic heterocycles. The smallest absolute Gasteiger partial charge is 0.332 e. The SMILES string of the molecule is COc1cc(C)c(S(=O)(=O)N2Cc3ccccc3C[C@H]2COCC(=O)OC(C)(C)C)c(C)c1. The van der Waals surface area contributed by atoms with Gasteiger partial charge in [-0.1, -0.05) is 24.3 Å². The van der Waals surface area contributed by atoms with Crippen LogP contribution in [-0.4, -0.2) is 50.7 Å². The maximum absolute atomic E-state index is 13.9. The number of esters is 1. The van der Waals surface area contributed by atoms with E-state index in [4.69, 9.17) is 14.2 Å². The Morgan fingerprint density at radius 2 is 1.70 bits per heavy atom. The summed E-state index contributed by atoms with van der Waals surface area (Å²) >= 11 is 0. The van der Waals surface area contributed by atoms with Crippen molar-refractivity contribution in [3.8, 4) is 5.75 Å². The van der Waals surface area contributed by atoms with Gasteiger partial charge in [0.05, 0.1) is 24.7 Å². The predicted molar refractivity (Wildman–Crippen MR) is 126 cm³/mol. The zero-order chi connectivity index (χ0) is 24.4. The first kappa shape index (κ1) is 25.2. The van der Waals surface area contributed by atoms with Gasteiger partial charge in [0.1, 0.15) is 18.0 Å². The lowest BCUT2D eigenvalue weighted by atomic mass is 9.96. The monoisotopic (exact) mass is 475 g/mol. The summed E-state index contributed by atoms with van der Waals surface area (Å²) < 4.78 is 45.5. The summed E-state index contributed by atoms with van der Waals surface area (Å²) in [4.78, 5) is 12.3. The second-order valence-electron chi connectivity index (χ2n) is 9.37. The van der Waals surface area contributed by atoms with Crippen molar-refractivity contribution < 1.29 is 27.4 Å². The fourth-order valence-electron chi connectivity index (χ4n) is 4.19. The molecule has 1 heterocycles. The molecule has 2 aromatic rings. The molecule has 2 aromatic carbocycles. The van der Waals surface area contributed by atoms with Crippen LogP contribution in [0.15, 0.2) is 41.3 Å². The van der Waals surface area contributed by atoms with Gasteiger partial charge in [-0.2, -0.15) is 4.31 Å². The minimum atomic E-state index is -3.84. The van der Waals surface area contributed by atoms with Gasteiger partial charge in [-0.3, -0.25) is 0 Å². The zero-order valence-corrected chi connectivity index (χ0v) is 21.0. The average molecular weight is 476 g/mol. The molecule has 0 saturated heterocycles. The normalized spacial score (nSPS) is 16.8. The van der Waals surface area contributed by atoms with Crippen molar-refractivity contribution >= 4 is 16.0 Å². The lowest BCUT2D eigenvalue weighted by Crippen LogP contribution is -2.47. The molecule has 1 atom stereocenters. The van der Waals surface area contributed by atoms with E-state index in [2.05, 4.69) is 0 Å². The molecule has 0 radical (unpaired) electrons. The van der Waals surface area contributed by atoms with Crippen LogP contribution in [0.25, 0.3) is 0 Å². The number of fused-ring (bicyclic) bond motifs is 1. The lowest BCUT2D eigenvalue weighted by Gasteiger charge is -2.36. The molecule has 0 amide bonds. The fraction of sp³-hybridized carbons (Fsp3) is 0.480. The van der Waals surface area contributed by atoms with Crippen LogP contribution in [0.5, 0.6) is 5.75 Å². The highest BCUT2D eigenvalue weighted by molar-refractivity contribution is 7.89. The quantitative estimate of drug-likeness (QED) is 0.567. The van der Waals surface area contributed by atoms with Gasteiger partial charge < -0.3 is 14.2 Å². The van der Waals surface area contributed by atoms with Gasteiger partial charge in [-0.05, 0) is 75.4 Å². The zero-order valence-electron chi connectivity index (χ0n) is 20.2. The Kier molecular flexibility index (Phi) is 7.51. The van der Waals surface area contributed by atoms with E-state index in [9.17, 15) is 13.2 Å². The number of hydrogen-bond acceptors (Lipinski definition) is 6. The molecule has 0 fully saturated rings. The molecular formula is C25H33NO6S. The second kappa shape index (κ2) is 9.83. The van der Waals surface area contributed by atoms with Crippen molar-refractivity contribution in [3.05, 3.63) is 58.7 Å². The third-order valence-electron chi connectivity index (χ3n) is 5.49. The van der Waals surface area contributed by atoms with E-state index in [0.717, 1.165) is 11.1 Å². The Balaban J connectivity index is 1.89. The first-order valence-corrected chi connectivity index (χ1v) is 12.4. The van der Waals surface area contributed by atoms with Gasteiger partial charge in [-0.15, -0.1) is 0 Å². The molecule has 180 valence electrons. The minimum Gasteiger partial charge on any atom is -0.497 e. The van der Waals surface area contributed by atoms with E-state index in [-0.39, 0.29) is 24.7 Å². The van der Waals surface area contributed by atoms with Gasteiger partial charge in [0.15, 0.2) is 0 Å². The average Bonchev–Trinajstić information content (AvgIpc) is 2.71. The van der Waals surface area contributed by atoms with Crippen molar-refractivity contribution in [2.45, 2.75) is 64.1 Å². The molecule has 0 aliphatic carbocycles. The molecule has 0 N–H and O–H groups in total. The number of ether oxygens (including phenoxy) is 3. The van der Waals surface area contributed by atoms with Crippen LogP contribution in [0, 0.1) is 13.8 Å². The Morgan fingerprint density at radius 3 is 2.27 bits per heavy atom. The number of carbonyl (C=O) groups excluding carboxylic acids is 1. The van der Waals surface area contributed by atoms with E-state index in [1.54, 1.807) is 53.9 Å². The molecule has 0 saturated carbocycles. The Labute approximate surface area is 196 Å². The summed E-state index contributed by atoms with van der Waals surface area (Å²) in [5, 5.41) is 0. The van der Waals surface area contributed by atoms with Crippen molar-refractivity contribution in [2.75, 3.05) is 20.3 Å². The highest BCUT2D eigenvalue weighted by Gasteiger charge is 2.37. The molecule has 0 unspecified atom stereocenters. The van der Waals surface area contributed by atoms with Gasteiger partial charge >= 0.3 is 5.97 Å². The van der Waals surface area contributed by atoms with Crippen LogP contribution in [0.4, 0.5) is 0 Å². The Hall–Kier alpha value is -2.42. The Morgan fingerprint density at radius 1 is 1.09 bits per heavy atom. The number of benzene rings is 2. The summed E-state index contributed by atoms with van der Waals surface area (Å²) in [5.41, 5.74) is 2.69. The van der Waals surface area contributed by atoms with Gasteiger partial charge in [0.25, 0.3) is 0 Å². The lowest BCUT2D eigenvalue weighted by molar-refractivity contribution is -0.160. The van der Waals surface area contributed by atoms with E-state index in [0.29, 0.717) is 23.3 Å². The predicted octanol–water partition coefficient (Wildman–Crippen LogP) is 3.79. The van der Waals surface area contributed by atoms with E-state index < -0.39 is 27.6 Å². The molecule has 1 aliphatic heterocycles. The van der Waals surface area contributed by atoms with Gasteiger partial charge in [0, 0.05) is 6.54 Å². The molecule has 33 heavy (non-hydrogen) atoms. The van der Waals surface area contributed by atoms with E-state index in [1.807, 2.05) is 24.3 Å². The molecule has 0 bridgehead atoms. The number of methoxy groups -OCH3 is 1. The number of sulfonamides is 1. The summed E-state index contributed by atoms with van der Waals surface area (Å²) in [6.45, 7) is 9.00. The van der Waals surface area contributed by atoms with E-state index >= 15 is 0 Å². The fourth-order valence-corrected chi connectivity index (χ4v) is 6.19. The molecule has 3 rings (SSSR count). The maximum atomic E-state index is 13.9. The molecule has 8 heteroatoms. The first-order chi connectivity index (χ1) is 15.4. The van der Waals surface area contributed by atoms with Crippen LogP contribution in [0.2, 0.25) is 0 Å². The third kappa shape index (κ3) is 5.93. The summed E-state index contributed by atoms with van der Waals surface area (Å²) in [5.74, 6) is 0.139. The van der Waals surface area contributed by atoms with Crippen LogP contribution in [0.1, 0.15) is 43.0 Å². The highest BCUT2D eigenvalue weighted by Crippen LogP contribution is 2.33. The van der Waals surface area contributed by atoms with Crippen molar-refractivity contribution in [3.63, 3.8) is 0 Å². The van der Waals surface area contributed by atoms with Crippen LogP contribution in [-0.2, 0) is 37.3 Å². The van der Waals surface area contributed by atoms with Crippen molar-refractivity contribution in [2.24, 2.45) is 0 Å². The molecule has 0 spiro atoms. The largest absolute Gasteiger partial charge is 0.497 e. The van der Waals surface area contributed by atoms with Crippen molar-refractivity contribution in [1.29, 1.82) is 0 Å². The number of carbonyl (C=O) groups is 1. The highest BCUT2D eigenvalue weighted by atomic mass is 32.2. The third-order valence-corrected chi connectivity index (χ3v) is 7.70. The topological polar surface area (TPSA) is 82.1 Å². The van der Waals surface area contributed by atoms with Gasteiger partial charge in [0.2, 0.25) is 10.0 Å². The molecular weight excluding hydrogens is 442 g/mol. The molecule has 7 nitrogen and oxygen atoms in total. The number of nitrogens with zero attached hydrogens (tertiary/aromatic N) is 1. The minimum absolute atomic E-state index is 0.0844. The van der Waals surface area contributed by atoms with Crippen molar-refractivity contribution in [1.82, 2.24) is 4.31 Å². The maximum Gasteiger partial charge on any atom is 0.332 e. The second-order valence-corrected chi connectivity index (χ2v) is 11.2. The number of rotatable bonds is 7. The van der Waals surface area contributed by atoms with E-state index in [1.165, 1.54) is 4.31 Å². The van der Waals surface area contributed by atoms with Crippen LogP contribution in [0.3, 0.4) is 0 Å². The number of hydrogen-bond donors (Lipinski definition) is 0. The summed E-state index contributed by atoms with van der Waals surface area (Å²) in [6.07, 6.45) is 0.498. The van der Waals surface area contributed by atoms with Gasteiger partial charge in [-0.25, -0.2) is 13.2 Å². The van der Waals surface area contributed by atoms with Crippen LogP contribution >= 0.6 is 0 Å². The molecule has 1 aliphatic rings. The number of aryl methyl sites for hydroxylation is 2. The van der Waals surface area contributed by atoms with Crippen LogP contribution < -0.4 is 4.74 Å². The summed E-state index contributed by atoms with van der Waals surface area (Å²) in [6, 6.07) is 10.8. The standard InChI is InChI=1S/C25H33NO6S/c1-17-11-22(30-6)12-18(2)24(17)33(28,29)26-14-20-10-8-7-9-19(20)13-21(26)15-31-16-23(27)32-25(3,4)5/h7-12,21H,13-16H2,1-6H3/t21-/m0/s1.